The van der Waals surface area contributed by atoms with Crippen molar-refractivity contribution >= 4 is 34.1 Å². The van der Waals surface area contributed by atoms with Crippen molar-refractivity contribution in [2.75, 3.05) is 12.1 Å². The number of fused-ring (bicyclic) bond motifs is 1. The van der Waals surface area contributed by atoms with Crippen LogP contribution < -0.4 is 54.8 Å². The van der Waals surface area contributed by atoms with E-state index in [1.54, 1.807) is 0 Å². The second-order valence-electron chi connectivity index (χ2n) is 8.77. The van der Waals surface area contributed by atoms with Crippen LogP contribution in [-0.2, 0) is 16.1 Å². The average Bonchev–Trinajstić information content (AvgIpc) is 3.44. The van der Waals surface area contributed by atoms with Crippen molar-refractivity contribution in [3.63, 3.8) is 0 Å². The Hall–Kier alpha value is -2.07. The number of hydrogen-bond donors (Lipinski definition) is 2. The number of ether oxygens (including phenoxy) is 2. The minimum atomic E-state index is -1.05. The van der Waals surface area contributed by atoms with Crippen LogP contribution in [0.15, 0.2) is 24.3 Å². The summed E-state index contributed by atoms with van der Waals surface area (Å²) < 4.78 is 10.7. The fourth-order valence-corrected chi connectivity index (χ4v) is 5.15. The molecule has 10 heteroatoms. The second-order valence-corrected chi connectivity index (χ2v) is 9.86. The number of amides is 2. The number of hydrogen-bond acceptors (Lipinski definition) is 7. The van der Waals surface area contributed by atoms with Crippen molar-refractivity contribution in [2.24, 2.45) is 11.8 Å². The van der Waals surface area contributed by atoms with Gasteiger partial charge in [-0.25, -0.2) is 0 Å². The van der Waals surface area contributed by atoms with Crippen LogP contribution in [0.1, 0.15) is 66.2 Å². The number of carboxylic acid groups (broad SMARTS) is 1. The second kappa shape index (κ2) is 11.6. The Balaban J connectivity index is 0.00000324. The molecule has 1 aliphatic heterocycles. The molecule has 2 amide bonds. The Morgan fingerprint density at radius 1 is 1.06 bits per heavy atom. The van der Waals surface area contributed by atoms with Crippen molar-refractivity contribution in [2.45, 2.75) is 52.0 Å². The third kappa shape index (κ3) is 6.13. The van der Waals surface area contributed by atoms with E-state index in [0.717, 1.165) is 10.4 Å². The Morgan fingerprint density at radius 3 is 2.41 bits per heavy atom. The van der Waals surface area contributed by atoms with Crippen LogP contribution in [0, 0.1) is 11.8 Å². The molecule has 0 unspecified atom stereocenters. The molecule has 0 spiro atoms. The minimum Gasteiger partial charge on any atom is -0.550 e. The number of benzene rings is 1. The number of anilines is 1. The molecule has 2 aromatic rings. The van der Waals surface area contributed by atoms with Crippen molar-refractivity contribution in [3.8, 4) is 11.5 Å². The maximum Gasteiger partial charge on any atom is 1.00 e. The molecule has 8 nitrogen and oxygen atoms in total. The van der Waals surface area contributed by atoms with Crippen molar-refractivity contribution in [3.05, 3.63) is 40.3 Å². The van der Waals surface area contributed by atoms with Gasteiger partial charge in [-0.3, -0.25) is 9.59 Å². The molecule has 0 radical (unpaired) electrons. The molecule has 2 aliphatic rings. The molecule has 1 aromatic heterocycles. The SMILES string of the molecule is CC(C)c1cc(C(=O)NCc2ccc3c(c2)OCO3)c(NC(=O)C2CCC(C(=O)[O-])CC2)s1.[Na+]. The van der Waals surface area contributed by atoms with Gasteiger partial charge in [0.25, 0.3) is 5.91 Å². The van der Waals surface area contributed by atoms with E-state index in [4.69, 9.17) is 9.47 Å². The van der Waals surface area contributed by atoms with Gasteiger partial charge in [0, 0.05) is 23.3 Å². The number of carbonyl (C=O) groups is 3. The summed E-state index contributed by atoms with van der Waals surface area (Å²) in [5.74, 6) is -0.699. The first-order valence-electron chi connectivity index (χ1n) is 11.1. The molecule has 1 aromatic carbocycles. The summed E-state index contributed by atoms with van der Waals surface area (Å²) in [6, 6.07) is 7.34. The normalized spacial score (nSPS) is 18.8. The predicted molar refractivity (Wildman–Crippen MR) is 121 cm³/mol. The van der Waals surface area contributed by atoms with Crippen LogP contribution in [0.2, 0.25) is 0 Å². The van der Waals surface area contributed by atoms with Gasteiger partial charge in [0.2, 0.25) is 12.7 Å². The Labute approximate surface area is 224 Å². The molecule has 2 N–H and O–H groups in total. The summed E-state index contributed by atoms with van der Waals surface area (Å²) in [6.07, 6.45) is 1.87. The molecular formula is C24H27N2NaO6S. The molecule has 1 saturated carbocycles. The molecule has 4 rings (SSSR count). The van der Waals surface area contributed by atoms with Crippen LogP contribution in [0.4, 0.5) is 5.00 Å². The van der Waals surface area contributed by atoms with Gasteiger partial charge in [0.15, 0.2) is 11.5 Å². The van der Waals surface area contributed by atoms with E-state index >= 15 is 0 Å². The maximum atomic E-state index is 13.0. The molecule has 176 valence electrons. The van der Waals surface area contributed by atoms with Gasteiger partial charge in [0.05, 0.1) is 5.56 Å². The summed E-state index contributed by atoms with van der Waals surface area (Å²) >= 11 is 1.40. The van der Waals surface area contributed by atoms with Crippen LogP contribution in [0.3, 0.4) is 0 Å². The van der Waals surface area contributed by atoms with E-state index in [2.05, 4.69) is 10.6 Å². The molecule has 0 atom stereocenters. The average molecular weight is 495 g/mol. The minimum absolute atomic E-state index is 0. The van der Waals surface area contributed by atoms with Crippen LogP contribution in [0.25, 0.3) is 0 Å². The molecular weight excluding hydrogens is 467 g/mol. The van der Waals surface area contributed by atoms with Gasteiger partial charge in [0.1, 0.15) is 5.00 Å². The molecule has 34 heavy (non-hydrogen) atoms. The zero-order chi connectivity index (χ0) is 23.5. The number of aliphatic carboxylic acids is 1. The fourth-order valence-electron chi connectivity index (χ4n) is 4.09. The molecule has 2 heterocycles. The van der Waals surface area contributed by atoms with E-state index < -0.39 is 11.9 Å². The number of nitrogens with one attached hydrogen (secondary N) is 2. The quantitative estimate of drug-likeness (QED) is 0.525. The van der Waals surface area contributed by atoms with E-state index in [9.17, 15) is 19.5 Å². The van der Waals surface area contributed by atoms with Crippen molar-refractivity contribution in [1.29, 1.82) is 0 Å². The zero-order valence-corrected chi connectivity index (χ0v) is 22.5. The van der Waals surface area contributed by atoms with Crippen LogP contribution >= 0.6 is 11.3 Å². The molecule has 1 aliphatic carbocycles. The first-order chi connectivity index (χ1) is 15.8. The van der Waals surface area contributed by atoms with E-state index in [0.29, 0.717) is 54.3 Å². The summed E-state index contributed by atoms with van der Waals surface area (Å²) in [5.41, 5.74) is 1.31. The van der Waals surface area contributed by atoms with E-state index in [1.807, 2.05) is 38.1 Å². The summed E-state index contributed by atoms with van der Waals surface area (Å²) in [6.45, 7) is 4.57. The van der Waals surface area contributed by atoms with Gasteiger partial charge >= 0.3 is 29.6 Å². The first kappa shape index (κ1) is 26.5. The van der Waals surface area contributed by atoms with E-state index in [1.165, 1.54) is 11.3 Å². The van der Waals surface area contributed by atoms with Crippen LogP contribution in [0.5, 0.6) is 11.5 Å². The number of rotatable bonds is 7. The van der Waals surface area contributed by atoms with Gasteiger partial charge in [-0.15, -0.1) is 11.3 Å². The topological polar surface area (TPSA) is 117 Å². The predicted octanol–water partition coefficient (Wildman–Crippen LogP) is 0.0290. The zero-order valence-electron chi connectivity index (χ0n) is 19.6. The van der Waals surface area contributed by atoms with Crippen molar-refractivity contribution < 1.29 is 58.5 Å². The summed E-state index contributed by atoms with van der Waals surface area (Å²) in [4.78, 5) is 37.9. The Bertz CT molecular complexity index is 1060. The number of carboxylic acids is 1. The maximum absolute atomic E-state index is 13.0. The molecule has 0 bridgehead atoms. The van der Waals surface area contributed by atoms with Gasteiger partial charge in [-0.2, -0.15) is 0 Å². The molecule has 0 saturated heterocycles. The van der Waals surface area contributed by atoms with Crippen LogP contribution in [-0.4, -0.2) is 24.6 Å². The van der Waals surface area contributed by atoms with Gasteiger partial charge < -0.3 is 30.0 Å². The largest absolute Gasteiger partial charge is 1.00 e. The third-order valence-electron chi connectivity index (χ3n) is 6.12. The third-order valence-corrected chi connectivity index (χ3v) is 7.47. The van der Waals surface area contributed by atoms with Gasteiger partial charge in [-0.1, -0.05) is 19.9 Å². The number of thiophene rings is 1. The molecule has 1 fully saturated rings. The summed E-state index contributed by atoms with van der Waals surface area (Å²) in [7, 11) is 0. The van der Waals surface area contributed by atoms with E-state index in [-0.39, 0.29) is 60.0 Å². The van der Waals surface area contributed by atoms with Gasteiger partial charge in [-0.05, 0) is 61.3 Å². The number of carbonyl (C=O) groups excluding carboxylic acids is 3. The standard InChI is InChI=1S/C24H28N2O6S.Na/c1-13(2)20-10-17(22(28)25-11-14-3-8-18-19(9-14)32-12-31-18)23(33-20)26-21(27)15-4-6-16(7-5-15)24(29)30;/h3,8-10,13,15-16H,4-7,11-12H2,1-2H3,(H,25,28)(H,26,27)(H,29,30);/q;+1/p-1. The van der Waals surface area contributed by atoms with Crippen molar-refractivity contribution in [1.82, 2.24) is 5.32 Å². The fraction of sp³-hybridized carbons (Fsp3) is 0.458. The smallest absolute Gasteiger partial charge is 0.550 e. The first-order valence-corrected chi connectivity index (χ1v) is 12.0. The monoisotopic (exact) mass is 494 g/mol. The Morgan fingerprint density at radius 2 is 1.74 bits per heavy atom. The Kier molecular flexibility index (Phi) is 9.03. The summed E-state index contributed by atoms with van der Waals surface area (Å²) in [5, 5.41) is 17.4.